The molecule has 0 bridgehead atoms. The predicted octanol–water partition coefficient (Wildman–Crippen LogP) is 7.32. The molecule has 1 aliphatic heterocycles. The SMILES string of the molecule is Cc1ccc(NC(=O)COc2ccc(/C=C3\SC(=O)N(Cc4ccc(Cl)cc4)C3=O)cc2Br)cc1Cl. The van der Waals surface area contributed by atoms with Crippen molar-refractivity contribution in [3.63, 3.8) is 0 Å². The number of halogens is 3. The quantitative estimate of drug-likeness (QED) is 0.286. The van der Waals surface area contributed by atoms with Gasteiger partial charge in [-0.1, -0.05) is 47.5 Å². The first-order valence-corrected chi connectivity index (χ1v) is 13.0. The van der Waals surface area contributed by atoms with Crippen LogP contribution >= 0.6 is 50.9 Å². The highest BCUT2D eigenvalue weighted by Crippen LogP contribution is 2.35. The van der Waals surface area contributed by atoms with E-state index in [1.165, 1.54) is 4.90 Å². The molecule has 0 unspecified atom stereocenters. The standard InChI is InChI=1S/C26H19BrCl2N2O4S/c1-15-2-8-19(12-21(15)29)30-24(32)14-35-22-9-5-17(10-20(22)27)11-23-25(33)31(26(34)36-23)13-16-3-6-18(28)7-4-16/h2-12H,13-14H2,1H3,(H,30,32)/b23-11-. The number of amides is 3. The first-order chi connectivity index (χ1) is 17.2. The molecule has 0 aliphatic carbocycles. The van der Waals surface area contributed by atoms with Gasteiger partial charge in [0.1, 0.15) is 5.75 Å². The van der Waals surface area contributed by atoms with Crippen LogP contribution in [0.5, 0.6) is 5.75 Å². The van der Waals surface area contributed by atoms with Crippen molar-refractivity contribution in [1.82, 2.24) is 4.90 Å². The third-order valence-corrected chi connectivity index (χ3v) is 7.38. The molecule has 0 radical (unpaired) electrons. The van der Waals surface area contributed by atoms with Crippen molar-refractivity contribution >= 4 is 79.7 Å². The second-order valence-corrected chi connectivity index (χ2v) is 10.6. The van der Waals surface area contributed by atoms with E-state index in [2.05, 4.69) is 21.2 Å². The average molecular weight is 606 g/mol. The lowest BCUT2D eigenvalue weighted by atomic mass is 10.2. The van der Waals surface area contributed by atoms with Crippen molar-refractivity contribution in [3.05, 3.63) is 96.8 Å². The summed E-state index contributed by atoms with van der Waals surface area (Å²) in [4.78, 5) is 39.0. The lowest BCUT2D eigenvalue weighted by Gasteiger charge is -2.12. The monoisotopic (exact) mass is 604 g/mol. The number of anilines is 1. The Morgan fingerprint density at radius 3 is 2.53 bits per heavy atom. The van der Waals surface area contributed by atoms with Crippen LogP contribution in [0.2, 0.25) is 10.0 Å². The molecule has 0 aromatic heterocycles. The summed E-state index contributed by atoms with van der Waals surface area (Å²) in [5.41, 5.74) is 3.01. The van der Waals surface area contributed by atoms with Crippen molar-refractivity contribution in [2.24, 2.45) is 0 Å². The van der Waals surface area contributed by atoms with Gasteiger partial charge in [-0.15, -0.1) is 0 Å². The molecule has 3 aromatic carbocycles. The lowest BCUT2D eigenvalue weighted by molar-refractivity contribution is -0.123. The van der Waals surface area contributed by atoms with Crippen LogP contribution in [0.25, 0.3) is 6.08 Å². The second kappa shape index (κ2) is 11.5. The number of carbonyl (C=O) groups is 3. The summed E-state index contributed by atoms with van der Waals surface area (Å²) in [6, 6.07) is 17.4. The van der Waals surface area contributed by atoms with Crippen LogP contribution in [0.1, 0.15) is 16.7 Å². The highest BCUT2D eigenvalue weighted by Gasteiger charge is 2.35. The van der Waals surface area contributed by atoms with Crippen LogP contribution in [0.15, 0.2) is 70.0 Å². The lowest BCUT2D eigenvalue weighted by Crippen LogP contribution is -2.27. The van der Waals surface area contributed by atoms with Gasteiger partial charge in [0.05, 0.1) is 15.9 Å². The smallest absolute Gasteiger partial charge is 0.293 e. The van der Waals surface area contributed by atoms with E-state index in [0.29, 0.717) is 36.4 Å². The number of nitrogens with one attached hydrogen (secondary N) is 1. The number of rotatable bonds is 7. The zero-order valence-corrected chi connectivity index (χ0v) is 22.8. The number of ether oxygens (including phenoxy) is 1. The zero-order chi connectivity index (χ0) is 25.8. The molecule has 3 amide bonds. The molecule has 4 rings (SSSR count). The molecule has 6 nitrogen and oxygen atoms in total. The van der Waals surface area contributed by atoms with E-state index in [-0.39, 0.29) is 30.2 Å². The van der Waals surface area contributed by atoms with Crippen molar-refractivity contribution in [2.45, 2.75) is 13.5 Å². The molecule has 1 fully saturated rings. The van der Waals surface area contributed by atoms with E-state index in [4.69, 9.17) is 27.9 Å². The molecule has 3 aromatic rings. The fourth-order valence-corrected chi connectivity index (χ4v) is 4.95. The van der Waals surface area contributed by atoms with Crippen LogP contribution in [-0.4, -0.2) is 28.6 Å². The number of hydrogen-bond acceptors (Lipinski definition) is 5. The molecule has 0 atom stereocenters. The average Bonchev–Trinajstić information content (AvgIpc) is 3.09. The minimum absolute atomic E-state index is 0.173. The summed E-state index contributed by atoms with van der Waals surface area (Å²) in [7, 11) is 0. The summed E-state index contributed by atoms with van der Waals surface area (Å²) in [5.74, 6) is -0.232. The molecule has 10 heteroatoms. The topological polar surface area (TPSA) is 75.7 Å². The Morgan fingerprint density at radius 1 is 1.08 bits per heavy atom. The third kappa shape index (κ3) is 6.50. The highest BCUT2D eigenvalue weighted by atomic mass is 79.9. The molecule has 0 spiro atoms. The molecule has 1 heterocycles. The molecule has 1 aliphatic rings. The fraction of sp³-hybridized carbons (Fsp3) is 0.115. The summed E-state index contributed by atoms with van der Waals surface area (Å²) in [5, 5.41) is 3.55. The van der Waals surface area contributed by atoms with E-state index in [1.807, 2.05) is 13.0 Å². The molecule has 1 N–H and O–H groups in total. The van der Waals surface area contributed by atoms with E-state index >= 15 is 0 Å². The van der Waals surface area contributed by atoms with Crippen LogP contribution in [-0.2, 0) is 16.1 Å². The Hall–Kier alpha value is -2.78. The Bertz CT molecular complexity index is 1380. The number of nitrogens with zero attached hydrogens (tertiary/aromatic N) is 1. The summed E-state index contributed by atoms with van der Waals surface area (Å²) < 4.78 is 6.22. The minimum Gasteiger partial charge on any atom is -0.483 e. The first-order valence-electron chi connectivity index (χ1n) is 10.7. The van der Waals surface area contributed by atoms with E-state index < -0.39 is 0 Å². The Kier molecular flexibility index (Phi) is 8.41. The Labute approximate surface area is 230 Å². The molecule has 36 heavy (non-hydrogen) atoms. The number of thioether (sulfide) groups is 1. The van der Waals surface area contributed by atoms with Crippen molar-refractivity contribution in [2.75, 3.05) is 11.9 Å². The van der Waals surface area contributed by atoms with Crippen molar-refractivity contribution in [3.8, 4) is 5.75 Å². The van der Waals surface area contributed by atoms with E-state index in [9.17, 15) is 14.4 Å². The summed E-state index contributed by atoms with van der Waals surface area (Å²) in [6.07, 6.45) is 1.65. The van der Waals surface area contributed by atoms with Crippen LogP contribution in [0.3, 0.4) is 0 Å². The van der Waals surface area contributed by atoms with Gasteiger partial charge in [-0.2, -0.15) is 0 Å². The largest absolute Gasteiger partial charge is 0.483 e. The number of benzene rings is 3. The Balaban J connectivity index is 1.37. The van der Waals surface area contributed by atoms with Gasteiger partial charge in [-0.05, 0) is 93.8 Å². The number of carbonyl (C=O) groups excluding carboxylic acids is 3. The van der Waals surface area contributed by atoms with Gasteiger partial charge in [0.2, 0.25) is 0 Å². The molecule has 0 saturated carbocycles. The first kappa shape index (κ1) is 26.3. The summed E-state index contributed by atoms with van der Waals surface area (Å²) >= 11 is 16.3. The van der Waals surface area contributed by atoms with Crippen molar-refractivity contribution < 1.29 is 19.1 Å². The van der Waals surface area contributed by atoms with Crippen molar-refractivity contribution in [1.29, 1.82) is 0 Å². The van der Waals surface area contributed by atoms with Gasteiger partial charge in [0.25, 0.3) is 17.1 Å². The second-order valence-electron chi connectivity index (χ2n) is 7.88. The highest BCUT2D eigenvalue weighted by molar-refractivity contribution is 9.10. The van der Waals surface area contributed by atoms with Gasteiger partial charge in [-0.25, -0.2) is 0 Å². The van der Waals surface area contributed by atoms with E-state index in [1.54, 1.807) is 60.7 Å². The van der Waals surface area contributed by atoms with Gasteiger partial charge in [0, 0.05) is 15.7 Å². The summed E-state index contributed by atoms with van der Waals surface area (Å²) in [6.45, 7) is 1.85. The zero-order valence-electron chi connectivity index (χ0n) is 18.9. The Morgan fingerprint density at radius 2 is 1.83 bits per heavy atom. The maximum atomic E-state index is 12.8. The van der Waals surface area contributed by atoms with Gasteiger partial charge < -0.3 is 10.1 Å². The van der Waals surface area contributed by atoms with Crippen LogP contribution in [0.4, 0.5) is 10.5 Å². The van der Waals surface area contributed by atoms with Gasteiger partial charge in [-0.3, -0.25) is 19.3 Å². The van der Waals surface area contributed by atoms with E-state index in [0.717, 1.165) is 22.9 Å². The third-order valence-electron chi connectivity index (χ3n) is 5.20. The molecule has 184 valence electrons. The van der Waals surface area contributed by atoms with Crippen LogP contribution in [0, 0.1) is 6.92 Å². The maximum Gasteiger partial charge on any atom is 0.293 e. The number of aryl methyl sites for hydroxylation is 1. The van der Waals surface area contributed by atoms with Gasteiger partial charge in [0.15, 0.2) is 6.61 Å². The fourth-order valence-electron chi connectivity index (χ4n) is 3.29. The van der Waals surface area contributed by atoms with Gasteiger partial charge >= 0.3 is 0 Å². The minimum atomic E-state index is -0.357. The number of imide groups is 1. The normalized spacial score (nSPS) is 14.4. The predicted molar refractivity (Wildman–Crippen MR) is 147 cm³/mol. The molecular weight excluding hydrogens is 587 g/mol. The molecule has 1 saturated heterocycles. The van der Waals surface area contributed by atoms with Crippen LogP contribution < -0.4 is 10.1 Å². The number of hydrogen-bond donors (Lipinski definition) is 1. The molecular formula is C26H19BrCl2N2O4S. The maximum absolute atomic E-state index is 12.8.